The van der Waals surface area contributed by atoms with Crippen LogP contribution in [0.15, 0.2) is 26.0 Å². The van der Waals surface area contributed by atoms with Crippen molar-refractivity contribution < 1.29 is 13.2 Å². The first-order valence-electron chi connectivity index (χ1n) is 4.01. The molecule has 1 aromatic carbocycles. The van der Waals surface area contributed by atoms with Crippen molar-refractivity contribution >= 4 is 41.9 Å². The van der Waals surface area contributed by atoms with Crippen LogP contribution >= 0.6 is 31.9 Å². The van der Waals surface area contributed by atoms with Crippen molar-refractivity contribution in [2.24, 2.45) is 5.14 Å². The molecule has 7 heteroatoms. The fourth-order valence-corrected chi connectivity index (χ4v) is 3.27. The van der Waals surface area contributed by atoms with Crippen molar-refractivity contribution in [2.75, 3.05) is 6.61 Å². The molecule has 1 aromatic rings. The van der Waals surface area contributed by atoms with Gasteiger partial charge in [-0.15, -0.1) is 0 Å². The molecule has 0 aliphatic heterocycles. The average molecular weight is 359 g/mol. The molecule has 0 radical (unpaired) electrons. The van der Waals surface area contributed by atoms with Crippen LogP contribution in [-0.2, 0) is 10.0 Å². The first kappa shape index (κ1) is 13.0. The van der Waals surface area contributed by atoms with E-state index < -0.39 is 10.0 Å². The Labute approximate surface area is 105 Å². The predicted octanol–water partition coefficient (Wildman–Crippen LogP) is 2.26. The molecule has 2 N–H and O–H groups in total. The summed E-state index contributed by atoms with van der Waals surface area (Å²) in [6.45, 7) is 2.33. The summed E-state index contributed by atoms with van der Waals surface area (Å²) in [4.78, 5) is 0.0321. The summed E-state index contributed by atoms with van der Waals surface area (Å²) in [6, 6.07) is 2.82. The summed E-state index contributed by atoms with van der Waals surface area (Å²) in [5.74, 6) is 0.560. The molecule has 0 atom stereocenters. The minimum absolute atomic E-state index is 0.0321. The van der Waals surface area contributed by atoms with Crippen LogP contribution in [0.3, 0.4) is 0 Å². The Bertz CT molecular complexity index is 450. The first-order valence-corrected chi connectivity index (χ1v) is 7.14. The summed E-state index contributed by atoms with van der Waals surface area (Å²) >= 11 is 6.43. The molecule has 0 heterocycles. The molecule has 84 valence electrons. The number of hydrogen-bond acceptors (Lipinski definition) is 3. The third-order valence-corrected chi connectivity index (χ3v) is 3.66. The van der Waals surface area contributed by atoms with Crippen molar-refractivity contribution in [3.63, 3.8) is 0 Å². The van der Waals surface area contributed by atoms with E-state index in [1.807, 2.05) is 6.92 Å². The van der Waals surface area contributed by atoms with Crippen LogP contribution in [0.5, 0.6) is 5.75 Å². The lowest BCUT2D eigenvalue weighted by molar-refractivity contribution is 0.335. The maximum absolute atomic E-state index is 11.1. The van der Waals surface area contributed by atoms with Crippen LogP contribution in [0, 0.1) is 0 Å². The molecular formula is C8H9Br2NO3S. The number of ether oxygens (including phenoxy) is 1. The van der Waals surface area contributed by atoms with Gasteiger partial charge in [0.15, 0.2) is 0 Å². The molecule has 0 aromatic heterocycles. The molecular weight excluding hydrogens is 350 g/mol. The van der Waals surface area contributed by atoms with Crippen LogP contribution < -0.4 is 9.88 Å². The highest BCUT2D eigenvalue weighted by Gasteiger charge is 2.14. The normalized spacial score (nSPS) is 11.5. The Morgan fingerprint density at radius 2 is 1.80 bits per heavy atom. The number of nitrogens with two attached hydrogens (primary N) is 1. The van der Waals surface area contributed by atoms with Crippen LogP contribution in [0.2, 0.25) is 0 Å². The van der Waals surface area contributed by atoms with Gasteiger partial charge in [-0.25, -0.2) is 13.6 Å². The van der Waals surface area contributed by atoms with E-state index in [2.05, 4.69) is 31.9 Å². The van der Waals surface area contributed by atoms with Gasteiger partial charge in [0.25, 0.3) is 0 Å². The third kappa shape index (κ3) is 3.17. The zero-order chi connectivity index (χ0) is 11.6. The summed E-state index contributed by atoms with van der Waals surface area (Å²) in [7, 11) is -3.70. The van der Waals surface area contributed by atoms with Gasteiger partial charge in [0, 0.05) is 0 Å². The minimum atomic E-state index is -3.70. The van der Waals surface area contributed by atoms with Gasteiger partial charge in [0.1, 0.15) is 5.75 Å². The number of halogens is 2. The molecule has 0 bridgehead atoms. The summed E-state index contributed by atoms with van der Waals surface area (Å²) < 4.78 is 28.6. The van der Waals surface area contributed by atoms with E-state index in [-0.39, 0.29) is 4.90 Å². The molecule has 0 spiro atoms. The molecule has 1 rings (SSSR count). The largest absolute Gasteiger partial charge is 0.492 e. The maximum Gasteiger partial charge on any atom is 0.238 e. The molecule has 0 saturated carbocycles. The van der Waals surface area contributed by atoms with E-state index in [9.17, 15) is 8.42 Å². The second kappa shape index (κ2) is 4.82. The van der Waals surface area contributed by atoms with E-state index in [4.69, 9.17) is 9.88 Å². The topological polar surface area (TPSA) is 69.4 Å². The van der Waals surface area contributed by atoms with Gasteiger partial charge in [-0.2, -0.15) is 0 Å². The van der Waals surface area contributed by atoms with Gasteiger partial charge >= 0.3 is 0 Å². The van der Waals surface area contributed by atoms with Gasteiger partial charge in [-0.1, -0.05) is 0 Å². The van der Waals surface area contributed by atoms with Crippen LogP contribution in [-0.4, -0.2) is 15.0 Å². The molecule has 0 unspecified atom stereocenters. The van der Waals surface area contributed by atoms with Crippen LogP contribution in [0.25, 0.3) is 0 Å². The monoisotopic (exact) mass is 357 g/mol. The molecule has 0 amide bonds. The third-order valence-electron chi connectivity index (χ3n) is 1.59. The van der Waals surface area contributed by atoms with E-state index >= 15 is 0 Å². The molecule has 0 aliphatic carbocycles. The Hall–Kier alpha value is -0.110. The van der Waals surface area contributed by atoms with E-state index in [0.29, 0.717) is 21.3 Å². The highest BCUT2D eigenvalue weighted by atomic mass is 79.9. The smallest absolute Gasteiger partial charge is 0.238 e. The second-order valence-electron chi connectivity index (χ2n) is 2.69. The van der Waals surface area contributed by atoms with Gasteiger partial charge in [0.2, 0.25) is 10.0 Å². The maximum atomic E-state index is 11.1. The summed E-state index contributed by atoms with van der Waals surface area (Å²) in [6.07, 6.45) is 0. The fourth-order valence-electron chi connectivity index (χ4n) is 0.983. The predicted molar refractivity (Wildman–Crippen MR) is 64.4 cm³/mol. The molecule has 0 saturated heterocycles. The van der Waals surface area contributed by atoms with Crippen molar-refractivity contribution in [1.82, 2.24) is 0 Å². The molecule has 4 nitrogen and oxygen atoms in total. The fraction of sp³-hybridized carbons (Fsp3) is 0.250. The Morgan fingerprint density at radius 3 is 2.13 bits per heavy atom. The lowest BCUT2D eigenvalue weighted by atomic mass is 10.3. The van der Waals surface area contributed by atoms with Crippen LogP contribution in [0.4, 0.5) is 0 Å². The zero-order valence-corrected chi connectivity index (χ0v) is 11.8. The summed E-state index contributed by atoms with van der Waals surface area (Å²) in [5, 5.41) is 5.01. The second-order valence-corrected chi connectivity index (χ2v) is 5.96. The van der Waals surface area contributed by atoms with Crippen LogP contribution in [0.1, 0.15) is 6.92 Å². The minimum Gasteiger partial charge on any atom is -0.492 e. The van der Waals surface area contributed by atoms with Crippen molar-refractivity contribution in [3.05, 3.63) is 21.1 Å². The van der Waals surface area contributed by atoms with Gasteiger partial charge in [-0.3, -0.25) is 0 Å². The lowest BCUT2D eigenvalue weighted by Crippen LogP contribution is -2.12. The SMILES string of the molecule is CCOc1c(Br)cc(S(N)(=O)=O)cc1Br. The number of rotatable bonds is 3. The highest BCUT2D eigenvalue weighted by Crippen LogP contribution is 2.35. The Morgan fingerprint density at radius 1 is 1.33 bits per heavy atom. The van der Waals surface area contributed by atoms with E-state index in [1.54, 1.807) is 0 Å². The Balaban J connectivity index is 3.32. The first-order chi connectivity index (χ1) is 6.86. The number of benzene rings is 1. The van der Waals surface area contributed by atoms with Gasteiger partial charge in [0.05, 0.1) is 20.4 Å². The number of primary sulfonamides is 1. The molecule has 0 aliphatic rings. The van der Waals surface area contributed by atoms with Crippen molar-refractivity contribution in [3.8, 4) is 5.75 Å². The van der Waals surface area contributed by atoms with E-state index in [0.717, 1.165) is 0 Å². The van der Waals surface area contributed by atoms with E-state index in [1.165, 1.54) is 12.1 Å². The quantitative estimate of drug-likeness (QED) is 0.900. The van der Waals surface area contributed by atoms with Gasteiger partial charge < -0.3 is 4.74 Å². The summed E-state index contributed by atoms with van der Waals surface area (Å²) in [5.41, 5.74) is 0. The standard InChI is InChI=1S/C8H9Br2NO3S/c1-2-14-8-6(9)3-5(4-7(8)10)15(11,12)13/h3-4H,2H2,1H3,(H2,11,12,13). The number of hydrogen-bond donors (Lipinski definition) is 1. The lowest BCUT2D eigenvalue weighted by Gasteiger charge is -2.09. The zero-order valence-electron chi connectivity index (χ0n) is 7.83. The van der Waals surface area contributed by atoms with Crippen molar-refractivity contribution in [1.29, 1.82) is 0 Å². The Kier molecular flexibility index (Phi) is 4.16. The van der Waals surface area contributed by atoms with Gasteiger partial charge in [-0.05, 0) is 50.9 Å². The molecule has 0 fully saturated rings. The van der Waals surface area contributed by atoms with Crippen molar-refractivity contribution in [2.45, 2.75) is 11.8 Å². The highest BCUT2D eigenvalue weighted by molar-refractivity contribution is 9.11. The number of sulfonamides is 1. The molecule has 15 heavy (non-hydrogen) atoms. The average Bonchev–Trinajstić information content (AvgIpc) is 2.09.